The number of nitrogens with one attached hydrogen (secondary N) is 1. The van der Waals surface area contributed by atoms with Crippen molar-refractivity contribution in [1.29, 1.82) is 0 Å². The van der Waals surface area contributed by atoms with Gasteiger partial charge in [0.1, 0.15) is 17.8 Å². The Labute approximate surface area is 252 Å². The molecule has 1 atom stereocenters. The highest BCUT2D eigenvalue weighted by atomic mass is 16.5. The molecule has 2 aromatic rings. The zero-order valence-electron chi connectivity index (χ0n) is 26.1. The van der Waals surface area contributed by atoms with Gasteiger partial charge in [0.25, 0.3) is 0 Å². The number of urea groups is 1. The van der Waals surface area contributed by atoms with Gasteiger partial charge in [-0.1, -0.05) is 30.4 Å². The Bertz CT molecular complexity index is 1360. The molecule has 5 rings (SSSR count). The maximum absolute atomic E-state index is 14.2. The van der Waals surface area contributed by atoms with Crippen LogP contribution in [0.2, 0.25) is 0 Å². The number of anilines is 3. The van der Waals surface area contributed by atoms with E-state index in [1.807, 2.05) is 35.8 Å². The number of aryl methyl sites for hydroxylation is 2. The fraction of sp³-hybridized carbons (Fsp3) is 0.471. The van der Waals surface area contributed by atoms with Crippen LogP contribution in [0.5, 0.6) is 5.75 Å². The standard InChI is InChI=1S/C34H46N6O2.H2/c1-7-11-31(35-29-17-16-28(22-30(29)42-6)38-20-18-37(5)19-21-38)36-33-26(8-2)23-39(32-24(3)12-9-13-25(32)4)34(41)40(33)27-14-10-15-27;/h7-9,11-13,16-17,22,27,31,35H,10,14-15,18-21,23H2,1-6H3;1H/b11-7-,26-8-,36-33+;. The molecule has 0 bridgehead atoms. The number of methoxy groups -OCH3 is 1. The number of amidine groups is 1. The van der Waals surface area contributed by atoms with Crippen molar-refractivity contribution in [1.82, 2.24) is 9.80 Å². The summed E-state index contributed by atoms with van der Waals surface area (Å²) in [6, 6.07) is 12.7. The molecule has 0 aromatic heterocycles. The van der Waals surface area contributed by atoms with E-state index in [-0.39, 0.29) is 19.7 Å². The molecule has 0 radical (unpaired) electrons. The summed E-state index contributed by atoms with van der Waals surface area (Å²) in [4.78, 5) is 28.1. The molecule has 8 heteroatoms. The molecular formula is C34H48N6O2. The van der Waals surface area contributed by atoms with E-state index in [9.17, 15) is 4.79 Å². The molecule has 42 heavy (non-hydrogen) atoms. The number of likely N-dealkylation sites (N-methyl/N-ethyl adjacent to an activating group) is 1. The number of benzene rings is 2. The highest BCUT2D eigenvalue weighted by molar-refractivity contribution is 6.16. The minimum atomic E-state index is -0.370. The summed E-state index contributed by atoms with van der Waals surface area (Å²) in [5.74, 6) is 1.54. The van der Waals surface area contributed by atoms with Gasteiger partial charge >= 0.3 is 6.03 Å². The lowest BCUT2D eigenvalue weighted by molar-refractivity contribution is 0.186. The minimum Gasteiger partial charge on any atom is -0.495 e. The van der Waals surface area contributed by atoms with Crippen molar-refractivity contribution in [3.05, 3.63) is 71.3 Å². The Balaban J connectivity index is 0.00000423. The first kappa shape index (κ1) is 29.7. The average molecular weight is 573 g/mol. The SMILES string of the molecule is C/C=C\C(/N=C1\C(=C/C)CN(c2c(C)cccc2C)C(=O)N1C1CCC1)Nc1ccc(N2CCN(C)CC2)cc1OC.[HH]. The van der Waals surface area contributed by atoms with Crippen molar-refractivity contribution >= 4 is 28.9 Å². The summed E-state index contributed by atoms with van der Waals surface area (Å²) < 4.78 is 5.84. The fourth-order valence-electron chi connectivity index (χ4n) is 6.09. The van der Waals surface area contributed by atoms with Crippen LogP contribution in [0.4, 0.5) is 21.9 Å². The first-order chi connectivity index (χ1) is 20.3. The van der Waals surface area contributed by atoms with Crippen LogP contribution in [0, 0.1) is 13.8 Å². The van der Waals surface area contributed by atoms with Gasteiger partial charge in [0, 0.05) is 51.0 Å². The van der Waals surface area contributed by atoms with Gasteiger partial charge in [0.15, 0.2) is 0 Å². The maximum Gasteiger partial charge on any atom is 0.330 e. The van der Waals surface area contributed by atoms with E-state index in [2.05, 4.69) is 78.5 Å². The van der Waals surface area contributed by atoms with Gasteiger partial charge < -0.3 is 19.9 Å². The van der Waals surface area contributed by atoms with Crippen molar-refractivity contribution in [3.63, 3.8) is 0 Å². The van der Waals surface area contributed by atoms with Gasteiger partial charge in [-0.05, 0) is 83.3 Å². The summed E-state index contributed by atoms with van der Waals surface area (Å²) in [6.45, 7) is 12.8. The van der Waals surface area contributed by atoms with Crippen LogP contribution < -0.4 is 19.9 Å². The molecule has 8 nitrogen and oxygen atoms in total. The van der Waals surface area contributed by atoms with Crippen LogP contribution in [0.1, 0.15) is 45.7 Å². The van der Waals surface area contributed by atoms with E-state index in [4.69, 9.17) is 9.73 Å². The van der Waals surface area contributed by atoms with E-state index >= 15 is 0 Å². The number of para-hydroxylation sites is 1. The van der Waals surface area contributed by atoms with Crippen molar-refractivity contribution < 1.29 is 11.0 Å². The Morgan fingerprint density at radius 2 is 1.79 bits per heavy atom. The molecule has 3 aliphatic rings. The van der Waals surface area contributed by atoms with Crippen LogP contribution >= 0.6 is 0 Å². The lowest BCUT2D eigenvalue weighted by Crippen LogP contribution is -2.59. The second-order valence-corrected chi connectivity index (χ2v) is 11.6. The third-order valence-corrected chi connectivity index (χ3v) is 8.77. The quantitative estimate of drug-likeness (QED) is 0.368. The molecule has 2 saturated heterocycles. The van der Waals surface area contributed by atoms with E-state index in [0.29, 0.717) is 6.54 Å². The summed E-state index contributed by atoms with van der Waals surface area (Å²) in [7, 11) is 3.88. The van der Waals surface area contributed by atoms with Crippen LogP contribution in [-0.4, -0.2) is 80.8 Å². The first-order valence-corrected chi connectivity index (χ1v) is 15.3. The number of carbonyl (C=O) groups excluding carboxylic acids is 1. The second kappa shape index (κ2) is 13.0. The van der Waals surface area contributed by atoms with Gasteiger partial charge in [-0.3, -0.25) is 9.80 Å². The topological polar surface area (TPSA) is 63.7 Å². The lowest BCUT2D eigenvalue weighted by Gasteiger charge is -2.45. The van der Waals surface area contributed by atoms with E-state index in [0.717, 1.165) is 90.8 Å². The van der Waals surface area contributed by atoms with E-state index in [1.54, 1.807) is 7.11 Å². The van der Waals surface area contributed by atoms with Gasteiger partial charge in [-0.15, -0.1) is 0 Å². The number of amides is 2. The zero-order valence-corrected chi connectivity index (χ0v) is 26.1. The maximum atomic E-state index is 14.2. The monoisotopic (exact) mass is 572 g/mol. The van der Waals surface area contributed by atoms with Gasteiger partial charge in [0.2, 0.25) is 0 Å². The largest absolute Gasteiger partial charge is 0.495 e. The van der Waals surface area contributed by atoms with Crippen molar-refractivity contribution in [2.24, 2.45) is 4.99 Å². The molecule has 1 saturated carbocycles. The van der Waals surface area contributed by atoms with E-state index < -0.39 is 0 Å². The number of hydrogen-bond donors (Lipinski definition) is 1. The van der Waals surface area contributed by atoms with Crippen LogP contribution in [-0.2, 0) is 0 Å². The molecule has 226 valence electrons. The summed E-state index contributed by atoms with van der Waals surface area (Å²) in [5.41, 5.74) is 6.30. The Kier molecular flexibility index (Phi) is 9.21. The van der Waals surface area contributed by atoms with Gasteiger partial charge in [-0.25, -0.2) is 9.79 Å². The number of carbonyl (C=O) groups is 1. The number of piperazine rings is 1. The smallest absolute Gasteiger partial charge is 0.330 e. The van der Waals surface area contributed by atoms with Crippen molar-refractivity contribution in [3.8, 4) is 5.75 Å². The molecule has 2 heterocycles. The lowest BCUT2D eigenvalue weighted by atomic mass is 9.90. The Morgan fingerprint density at radius 1 is 1.07 bits per heavy atom. The first-order valence-electron chi connectivity index (χ1n) is 15.3. The molecule has 2 aliphatic heterocycles. The second-order valence-electron chi connectivity index (χ2n) is 11.6. The van der Waals surface area contributed by atoms with Gasteiger partial charge in [-0.2, -0.15) is 0 Å². The molecule has 1 N–H and O–H groups in total. The molecular weight excluding hydrogens is 524 g/mol. The summed E-state index contributed by atoms with van der Waals surface area (Å²) in [5, 5.41) is 3.60. The van der Waals surface area contributed by atoms with E-state index in [1.165, 1.54) is 0 Å². The fourth-order valence-corrected chi connectivity index (χ4v) is 6.09. The zero-order chi connectivity index (χ0) is 29.8. The third-order valence-electron chi connectivity index (χ3n) is 8.77. The van der Waals surface area contributed by atoms with Crippen molar-refractivity contribution in [2.45, 2.75) is 59.2 Å². The number of nitrogens with zero attached hydrogens (tertiary/aromatic N) is 5. The molecule has 2 amide bonds. The molecule has 1 unspecified atom stereocenters. The predicted octanol–water partition coefficient (Wildman–Crippen LogP) is 6.46. The highest BCUT2D eigenvalue weighted by Gasteiger charge is 2.41. The van der Waals surface area contributed by atoms with Gasteiger partial charge in [0.05, 0.1) is 25.0 Å². The highest BCUT2D eigenvalue weighted by Crippen LogP contribution is 2.36. The molecule has 2 aromatic carbocycles. The van der Waals surface area contributed by atoms with Crippen LogP contribution in [0.25, 0.3) is 0 Å². The van der Waals surface area contributed by atoms with Crippen LogP contribution in [0.3, 0.4) is 0 Å². The molecule has 3 fully saturated rings. The van der Waals surface area contributed by atoms with Crippen molar-refractivity contribution in [2.75, 3.05) is 62.0 Å². The Hall–Kier alpha value is -3.78. The third kappa shape index (κ3) is 6.04. The van der Waals surface area contributed by atoms with Crippen LogP contribution in [0.15, 0.2) is 65.2 Å². The molecule has 0 spiro atoms. The normalized spacial score (nSPS) is 21.4. The number of aliphatic imine (C=N–C) groups is 1. The summed E-state index contributed by atoms with van der Waals surface area (Å²) >= 11 is 0. The number of rotatable bonds is 8. The molecule has 1 aliphatic carbocycles. The number of ether oxygens (including phenoxy) is 1. The number of allylic oxidation sites excluding steroid dienone is 2. The summed E-state index contributed by atoms with van der Waals surface area (Å²) in [6.07, 6.45) is 8.89. The Morgan fingerprint density at radius 3 is 2.38 bits per heavy atom. The number of hydrogen-bond acceptors (Lipinski definition) is 6. The predicted molar refractivity (Wildman–Crippen MR) is 176 cm³/mol. The average Bonchev–Trinajstić information content (AvgIpc) is 2.95. The minimum absolute atomic E-state index is 0.